The van der Waals surface area contributed by atoms with Crippen LogP contribution < -0.4 is 104 Å². The van der Waals surface area contributed by atoms with Crippen molar-refractivity contribution in [2.75, 3.05) is 0 Å². The van der Waals surface area contributed by atoms with Crippen LogP contribution in [0.5, 0.6) is 0 Å². The van der Waals surface area contributed by atoms with Crippen LogP contribution in [0.4, 0.5) is 4.79 Å². The molecule has 0 saturated heterocycles. The largest absolute Gasteiger partial charge is 1.00 e. The Balaban J connectivity index is -0.0000000300. The average molecular weight is 279 g/mol. The van der Waals surface area contributed by atoms with Crippen molar-refractivity contribution in [3.8, 4) is 0 Å². The Kier molecular flexibility index (Phi) is 38.0. The van der Waals surface area contributed by atoms with Crippen molar-refractivity contribution < 1.29 is 119 Å². The molecule has 1 N–H and O–H groups in total. The SMILES string of the molecule is O=C([O-])O.O=[N+]([O-])[O-].[Cs+].[Na+]. The van der Waals surface area contributed by atoms with Crippen molar-refractivity contribution in [2.45, 2.75) is 0 Å². The molecule has 0 aliphatic carbocycles. The van der Waals surface area contributed by atoms with Gasteiger partial charge in [-0.1, -0.05) is 0 Å². The Bertz CT molecular complexity index is 75.7. The van der Waals surface area contributed by atoms with Gasteiger partial charge >= 0.3 is 98.5 Å². The molecule has 0 heterocycles. The van der Waals surface area contributed by atoms with Crippen LogP contribution in [0.3, 0.4) is 0 Å². The molecule has 0 rings (SSSR count). The molecule has 0 aliphatic heterocycles. The minimum atomic E-state index is -2.08. The molecule has 48 valence electrons. The van der Waals surface area contributed by atoms with Crippen LogP contribution in [0.2, 0.25) is 0 Å². The van der Waals surface area contributed by atoms with Crippen LogP contribution in [-0.4, -0.2) is 16.3 Å². The van der Waals surface area contributed by atoms with Gasteiger partial charge in [0, 0.05) is 0 Å². The third kappa shape index (κ3) is 299. The number of nitrogens with zero attached hydrogens (tertiary/aromatic N) is 1. The Morgan fingerprint density at radius 1 is 1.40 bits per heavy atom. The number of rotatable bonds is 0. The van der Waals surface area contributed by atoms with Crippen molar-refractivity contribution in [1.82, 2.24) is 0 Å². The monoisotopic (exact) mass is 279 g/mol. The van der Waals surface area contributed by atoms with Gasteiger partial charge in [0.25, 0.3) is 0 Å². The van der Waals surface area contributed by atoms with Gasteiger partial charge in [0.2, 0.25) is 6.16 Å². The normalized spacial score (nSPS) is 4.80. The van der Waals surface area contributed by atoms with Crippen LogP contribution in [0, 0.1) is 15.3 Å². The predicted octanol–water partition coefficient (Wildman–Crippen LogP) is -7.34. The van der Waals surface area contributed by atoms with Gasteiger partial charge in [-0.15, -0.1) is 0 Å². The molecule has 0 unspecified atom stereocenters. The van der Waals surface area contributed by atoms with E-state index in [1.54, 1.807) is 0 Å². The zero-order chi connectivity index (χ0) is 7.15. The first-order valence-electron chi connectivity index (χ1n) is 1.18. The van der Waals surface area contributed by atoms with Crippen LogP contribution in [0.15, 0.2) is 0 Å². The Labute approximate surface area is 137 Å². The molecular weight excluding hydrogens is 278 g/mol. The molecule has 0 bridgehead atoms. The molecule has 0 aromatic heterocycles. The van der Waals surface area contributed by atoms with Crippen LogP contribution in [0.25, 0.3) is 0 Å². The van der Waals surface area contributed by atoms with E-state index in [9.17, 15) is 0 Å². The zero-order valence-electron chi connectivity index (χ0n) is 5.44. The molecule has 0 fully saturated rings. The van der Waals surface area contributed by atoms with Gasteiger partial charge < -0.3 is 30.3 Å². The molecule has 0 aromatic carbocycles. The fraction of sp³-hybridized carbons (Fsp3) is 0. The number of carbonyl (C=O) groups is 1. The molecular formula is CHCsNNaO6. The maximum atomic E-state index is 8.44. The molecule has 7 nitrogen and oxygen atoms in total. The first kappa shape index (κ1) is 22.5. The van der Waals surface area contributed by atoms with Gasteiger partial charge in [0.05, 0.1) is 5.09 Å². The van der Waals surface area contributed by atoms with E-state index in [0.717, 1.165) is 0 Å². The summed E-state index contributed by atoms with van der Waals surface area (Å²) in [4.78, 5) is 16.7. The van der Waals surface area contributed by atoms with Gasteiger partial charge in [0.15, 0.2) is 0 Å². The molecule has 0 saturated carbocycles. The first-order valence-corrected chi connectivity index (χ1v) is 1.18. The third-order valence-corrected chi connectivity index (χ3v) is 0. The quantitative estimate of drug-likeness (QED) is 0.266. The summed E-state index contributed by atoms with van der Waals surface area (Å²) in [6, 6.07) is 0. The number of hydrogen-bond acceptors (Lipinski definition) is 5. The van der Waals surface area contributed by atoms with Crippen LogP contribution in [-0.2, 0) is 0 Å². The summed E-state index contributed by atoms with van der Waals surface area (Å²) in [5, 5.41) is 30.1. The van der Waals surface area contributed by atoms with Crippen molar-refractivity contribution in [3.63, 3.8) is 0 Å². The number of carboxylic acid groups (broad SMARTS) is 2. The third-order valence-electron chi connectivity index (χ3n) is 0. The van der Waals surface area contributed by atoms with E-state index in [2.05, 4.69) is 0 Å². The van der Waals surface area contributed by atoms with E-state index >= 15 is 0 Å². The van der Waals surface area contributed by atoms with Crippen molar-refractivity contribution >= 4 is 6.16 Å². The molecule has 0 spiro atoms. The first-order chi connectivity index (χ1) is 3.46. The summed E-state index contributed by atoms with van der Waals surface area (Å²) < 4.78 is 0. The predicted molar refractivity (Wildman–Crippen MR) is 18.4 cm³/mol. The van der Waals surface area contributed by atoms with E-state index in [1.165, 1.54) is 0 Å². The number of hydrogen-bond donors (Lipinski definition) is 1. The molecule has 0 radical (unpaired) electrons. The van der Waals surface area contributed by atoms with Gasteiger partial charge in [0.1, 0.15) is 0 Å². The summed E-state index contributed by atoms with van der Waals surface area (Å²) in [5.41, 5.74) is 0. The Morgan fingerprint density at radius 2 is 1.40 bits per heavy atom. The Morgan fingerprint density at radius 3 is 1.40 bits per heavy atom. The van der Waals surface area contributed by atoms with E-state index in [0.29, 0.717) is 0 Å². The topological polar surface area (TPSA) is 127 Å². The zero-order valence-corrected chi connectivity index (χ0v) is 13.7. The maximum Gasteiger partial charge on any atom is 1.00 e. The Hall–Kier alpha value is 1.52. The van der Waals surface area contributed by atoms with Gasteiger partial charge in [-0.05, 0) is 0 Å². The molecule has 0 amide bonds. The average Bonchev–Trinajstić information content (AvgIpc) is 1.25. The summed E-state index contributed by atoms with van der Waals surface area (Å²) in [7, 11) is 0. The summed E-state index contributed by atoms with van der Waals surface area (Å²) in [6.45, 7) is 0. The second-order valence-electron chi connectivity index (χ2n) is 0.490. The second kappa shape index (κ2) is 16.9. The minimum absolute atomic E-state index is 0. The fourth-order valence-corrected chi connectivity index (χ4v) is 0. The minimum Gasteiger partial charge on any atom is -0.565 e. The van der Waals surface area contributed by atoms with E-state index in [1.807, 2.05) is 0 Å². The summed E-state index contributed by atoms with van der Waals surface area (Å²) in [5.74, 6) is 0. The molecule has 0 aromatic rings. The van der Waals surface area contributed by atoms with E-state index < -0.39 is 11.2 Å². The maximum absolute atomic E-state index is 8.44. The van der Waals surface area contributed by atoms with Crippen LogP contribution >= 0.6 is 0 Å². The van der Waals surface area contributed by atoms with Crippen molar-refractivity contribution in [2.24, 2.45) is 0 Å². The smallest absolute Gasteiger partial charge is 0.565 e. The standard InChI is InChI=1S/CH2O3.Cs.NO3.Na/c2-1(3)4;;2-1(3)4;/h(H2,2,3,4);;;/q;+1;-1;+1/p-1. The summed E-state index contributed by atoms with van der Waals surface area (Å²) >= 11 is 0. The molecule has 9 heteroatoms. The molecule has 0 aliphatic rings. The van der Waals surface area contributed by atoms with E-state index in [-0.39, 0.29) is 98.5 Å². The summed E-state index contributed by atoms with van der Waals surface area (Å²) in [6.07, 6.45) is -2.08. The van der Waals surface area contributed by atoms with Gasteiger partial charge in [-0.2, -0.15) is 0 Å². The van der Waals surface area contributed by atoms with Gasteiger partial charge in [-0.3, -0.25) is 0 Å². The molecule has 0 atom stereocenters. The van der Waals surface area contributed by atoms with Crippen molar-refractivity contribution in [1.29, 1.82) is 0 Å². The van der Waals surface area contributed by atoms with E-state index in [4.69, 9.17) is 30.3 Å². The van der Waals surface area contributed by atoms with Crippen LogP contribution in [0.1, 0.15) is 0 Å². The second-order valence-corrected chi connectivity index (χ2v) is 0.490. The fourth-order valence-electron chi connectivity index (χ4n) is 0. The molecule has 10 heavy (non-hydrogen) atoms. The van der Waals surface area contributed by atoms with Crippen molar-refractivity contribution in [3.05, 3.63) is 15.3 Å². The van der Waals surface area contributed by atoms with Gasteiger partial charge in [-0.25, -0.2) is 0 Å².